The third-order valence-corrected chi connectivity index (χ3v) is 7.24. The van der Waals surface area contributed by atoms with Gasteiger partial charge < -0.3 is 9.80 Å². The van der Waals surface area contributed by atoms with Crippen molar-refractivity contribution in [3.05, 3.63) is 52.2 Å². The van der Waals surface area contributed by atoms with Gasteiger partial charge in [0.2, 0.25) is 5.91 Å². The number of aliphatic imine (C=N–C) groups is 1. The average Bonchev–Trinajstić information content (AvgIpc) is 3.29. The van der Waals surface area contributed by atoms with Crippen LogP contribution in [0.5, 0.6) is 0 Å². The molecule has 148 valence electrons. The van der Waals surface area contributed by atoms with E-state index in [9.17, 15) is 13.2 Å². The van der Waals surface area contributed by atoms with Crippen LogP contribution >= 0.6 is 11.3 Å². The second kappa shape index (κ2) is 8.02. The smallest absolute Gasteiger partial charge is 0.263 e. The van der Waals surface area contributed by atoms with Gasteiger partial charge in [-0.05, 0) is 29.0 Å². The number of hydrogen-bond donors (Lipinski definition) is 2. The third-order valence-electron chi connectivity index (χ3n) is 5.12. The molecule has 1 fully saturated rings. The SMILES string of the molecule is O=C(CCN=C1NS(=O)(=O)c2ccccc21)N1CC[NH+](Cc2ccsc2)CC1. The highest BCUT2D eigenvalue weighted by Gasteiger charge is 2.30. The minimum absolute atomic E-state index is 0.0769. The van der Waals surface area contributed by atoms with Gasteiger partial charge in [-0.1, -0.05) is 12.1 Å². The molecule has 0 aliphatic carbocycles. The minimum atomic E-state index is -3.53. The summed E-state index contributed by atoms with van der Waals surface area (Å²) in [4.78, 5) is 20.4. The molecule has 1 aromatic heterocycles. The monoisotopic (exact) mass is 419 g/mol. The Bertz CT molecular complexity index is 978. The molecule has 0 radical (unpaired) electrons. The maximum atomic E-state index is 12.5. The van der Waals surface area contributed by atoms with E-state index in [1.165, 1.54) is 10.5 Å². The molecule has 3 heterocycles. The predicted molar refractivity (Wildman–Crippen MR) is 108 cm³/mol. The summed E-state index contributed by atoms with van der Waals surface area (Å²) in [7, 11) is -3.53. The van der Waals surface area contributed by atoms with Gasteiger partial charge >= 0.3 is 0 Å². The molecule has 1 amide bonds. The summed E-state index contributed by atoms with van der Waals surface area (Å²) >= 11 is 1.72. The highest BCUT2D eigenvalue weighted by molar-refractivity contribution is 7.90. The number of fused-ring (bicyclic) bond motifs is 1. The van der Waals surface area contributed by atoms with Crippen LogP contribution in [0, 0.1) is 0 Å². The van der Waals surface area contributed by atoms with Crippen LogP contribution in [-0.2, 0) is 21.4 Å². The molecule has 0 bridgehead atoms. The number of hydrogen-bond acceptors (Lipinski definition) is 5. The maximum Gasteiger partial charge on any atom is 0.263 e. The van der Waals surface area contributed by atoms with Gasteiger partial charge in [0.15, 0.2) is 0 Å². The lowest BCUT2D eigenvalue weighted by Gasteiger charge is -2.32. The largest absolute Gasteiger partial charge is 0.331 e. The number of carbonyl (C=O) groups is 1. The summed E-state index contributed by atoms with van der Waals surface area (Å²) in [5, 5.41) is 4.28. The number of sulfonamides is 1. The van der Waals surface area contributed by atoms with Gasteiger partial charge in [0.1, 0.15) is 12.4 Å². The molecule has 2 aromatic rings. The molecule has 2 aliphatic rings. The number of benzene rings is 1. The van der Waals surface area contributed by atoms with Gasteiger partial charge in [0, 0.05) is 17.5 Å². The first-order valence-electron chi connectivity index (χ1n) is 9.32. The molecule has 0 spiro atoms. The Morgan fingerprint density at radius 1 is 1.21 bits per heavy atom. The second-order valence-electron chi connectivity index (χ2n) is 7.02. The van der Waals surface area contributed by atoms with Crippen LogP contribution in [-0.4, -0.2) is 57.8 Å². The zero-order chi connectivity index (χ0) is 19.6. The lowest BCUT2D eigenvalue weighted by molar-refractivity contribution is -0.917. The Balaban J connectivity index is 1.28. The Kier molecular flexibility index (Phi) is 5.47. The van der Waals surface area contributed by atoms with Crippen LogP contribution in [0.1, 0.15) is 17.5 Å². The topological polar surface area (TPSA) is 83.3 Å². The van der Waals surface area contributed by atoms with Gasteiger partial charge in [-0.25, -0.2) is 8.42 Å². The van der Waals surface area contributed by atoms with Gasteiger partial charge in [-0.2, -0.15) is 11.3 Å². The number of nitrogens with one attached hydrogen (secondary N) is 2. The summed E-state index contributed by atoms with van der Waals surface area (Å²) in [6.07, 6.45) is 0.285. The molecule has 4 rings (SSSR count). The van der Waals surface area contributed by atoms with E-state index in [0.29, 0.717) is 11.4 Å². The van der Waals surface area contributed by atoms with Gasteiger partial charge in [0.25, 0.3) is 10.0 Å². The van der Waals surface area contributed by atoms with E-state index < -0.39 is 10.0 Å². The van der Waals surface area contributed by atoms with E-state index in [1.807, 2.05) is 4.90 Å². The van der Waals surface area contributed by atoms with Crippen molar-refractivity contribution in [2.45, 2.75) is 17.9 Å². The van der Waals surface area contributed by atoms with E-state index in [-0.39, 0.29) is 23.8 Å². The van der Waals surface area contributed by atoms with E-state index >= 15 is 0 Å². The Hall–Kier alpha value is -2.23. The Labute approximate surface area is 168 Å². The summed E-state index contributed by atoms with van der Waals surface area (Å²) in [5.41, 5.74) is 1.93. The molecule has 1 aromatic carbocycles. The van der Waals surface area contributed by atoms with Crippen LogP contribution < -0.4 is 9.62 Å². The first kappa shape index (κ1) is 19.1. The van der Waals surface area contributed by atoms with Crippen molar-refractivity contribution in [2.24, 2.45) is 4.99 Å². The first-order valence-corrected chi connectivity index (χ1v) is 11.7. The van der Waals surface area contributed by atoms with E-state index in [1.54, 1.807) is 35.6 Å². The highest BCUT2D eigenvalue weighted by Crippen LogP contribution is 2.22. The fourth-order valence-electron chi connectivity index (χ4n) is 3.60. The summed E-state index contributed by atoms with van der Waals surface area (Å²) in [6, 6.07) is 8.90. The Morgan fingerprint density at radius 3 is 2.75 bits per heavy atom. The third kappa shape index (κ3) is 4.11. The number of thiophene rings is 1. The molecule has 28 heavy (non-hydrogen) atoms. The van der Waals surface area contributed by atoms with E-state index in [4.69, 9.17) is 0 Å². The molecule has 1 saturated heterocycles. The number of amides is 1. The lowest BCUT2D eigenvalue weighted by atomic mass is 10.2. The molecule has 9 heteroatoms. The van der Waals surface area contributed by atoms with Crippen molar-refractivity contribution in [1.82, 2.24) is 9.62 Å². The van der Waals surface area contributed by atoms with Crippen LogP contribution in [0.2, 0.25) is 0 Å². The normalized spacial score (nSPS) is 20.1. The van der Waals surface area contributed by atoms with Crippen LogP contribution in [0.25, 0.3) is 0 Å². The lowest BCUT2D eigenvalue weighted by Crippen LogP contribution is -3.13. The van der Waals surface area contributed by atoms with Crippen molar-refractivity contribution in [3.63, 3.8) is 0 Å². The zero-order valence-corrected chi connectivity index (χ0v) is 17.1. The number of carbonyl (C=O) groups excluding carboxylic acids is 1. The second-order valence-corrected chi connectivity index (χ2v) is 9.45. The molecule has 2 N–H and O–H groups in total. The molecule has 0 unspecified atom stereocenters. The molecule has 7 nitrogen and oxygen atoms in total. The average molecular weight is 420 g/mol. The van der Waals surface area contributed by atoms with Crippen LogP contribution in [0.3, 0.4) is 0 Å². The quantitative estimate of drug-likeness (QED) is 0.721. The number of piperazine rings is 1. The standard InChI is InChI=1S/C19H22N4O3S2/c24-18(23-10-8-22(9-11-23)13-15-6-12-27-14-15)5-7-20-19-16-3-1-2-4-17(16)28(25,26)21-19/h1-4,6,12,14H,5,7-11,13H2,(H,20,21)/p+1. The number of amidine groups is 1. The van der Waals surface area contributed by atoms with Crippen molar-refractivity contribution >= 4 is 33.1 Å². The zero-order valence-electron chi connectivity index (χ0n) is 15.4. The molecule has 0 saturated carbocycles. The van der Waals surface area contributed by atoms with Gasteiger partial charge in [-0.15, -0.1) is 0 Å². The molecule has 0 atom stereocenters. The van der Waals surface area contributed by atoms with E-state index in [2.05, 4.69) is 26.5 Å². The molecular formula is C19H23N4O3S2+. The number of nitrogens with zero attached hydrogens (tertiary/aromatic N) is 2. The number of rotatable bonds is 5. The van der Waals surface area contributed by atoms with Crippen LogP contribution in [0.4, 0.5) is 0 Å². The van der Waals surface area contributed by atoms with Crippen molar-refractivity contribution in [1.29, 1.82) is 0 Å². The number of quaternary nitrogens is 1. The summed E-state index contributed by atoms with van der Waals surface area (Å²) in [5.74, 6) is 0.404. The minimum Gasteiger partial charge on any atom is -0.331 e. The maximum absolute atomic E-state index is 12.5. The fraction of sp³-hybridized carbons (Fsp3) is 0.368. The van der Waals surface area contributed by atoms with E-state index in [0.717, 1.165) is 32.7 Å². The summed E-state index contributed by atoms with van der Waals surface area (Å²) < 4.78 is 26.6. The van der Waals surface area contributed by atoms with Crippen molar-refractivity contribution in [2.75, 3.05) is 32.7 Å². The summed E-state index contributed by atoms with van der Waals surface area (Å²) in [6.45, 7) is 4.69. The van der Waals surface area contributed by atoms with Crippen molar-refractivity contribution in [3.8, 4) is 0 Å². The molecule has 2 aliphatic heterocycles. The van der Waals surface area contributed by atoms with Crippen molar-refractivity contribution < 1.29 is 18.1 Å². The van der Waals surface area contributed by atoms with Crippen LogP contribution in [0.15, 0.2) is 51.0 Å². The predicted octanol–water partition coefficient (Wildman–Crippen LogP) is 0.104. The fourth-order valence-corrected chi connectivity index (χ4v) is 5.52. The van der Waals surface area contributed by atoms with Gasteiger partial charge in [0.05, 0.1) is 37.6 Å². The molecular weight excluding hydrogens is 396 g/mol. The Morgan fingerprint density at radius 2 is 2.00 bits per heavy atom. The highest BCUT2D eigenvalue weighted by atomic mass is 32.2. The first-order chi connectivity index (χ1) is 13.5. The van der Waals surface area contributed by atoms with Gasteiger partial charge in [-0.3, -0.25) is 14.5 Å².